The maximum Gasteiger partial charge on any atom is 0.159 e. The number of anilines is 1. The van der Waals surface area contributed by atoms with Gasteiger partial charge in [-0.3, -0.25) is 0 Å². The van der Waals surface area contributed by atoms with E-state index >= 15 is 0 Å². The molecule has 0 amide bonds. The van der Waals surface area contributed by atoms with E-state index in [0.717, 1.165) is 43.9 Å². The Hall–Kier alpha value is -1.98. The predicted octanol–water partition coefficient (Wildman–Crippen LogP) is 5.07. The molecule has 0 saturated heterocycles. The number of hydrogen-bond donors (Lipinski definition) is 0. The molecule has 0 radical (unpaired) electrons. The van der Waals surface area contributed by atoms with Crippen LogP contribution in [0.5, 0.6) is 0 Å². The van der Waals surface area contributed by atoms with Gasteiger partial charge in [0.2, 0.25) is 0 Å². The van der Waals surface area contributed by atoms with Crippen LogP contribution in [0.2, 0.25) is 0 Å². The number of nitrogens with zero attached hydrogens (tertiary/aromatic N) is 3. The van der Waals surface area contributed by atoms with Gasteiger partial charge in [0.05, 0.1) is 11.4 Å². The maximum absolute atomic E-state index is 13.9. The van der Waals surface area contributed by atoms with Crippen LogP contribution in [-0.4, -0.2) is 41.5 Å². The van der Waals surface area contributed by atoms with Gasteiger partial charge >= 0.3 is 0 Å². The zero-order chi connectivity index (χ0) is 18.8. The van der Waals surface area contributed by atoms with Crippen molar-refractivity contribution >= 4 is 23.1 Å². The summed E-state index contributed by atoms with van der Waals surface area (Å²) in [4.78, 5) is 8.53. The number of thioether (sulfide) groups is 1. The summed E-state index contributed by atoms with van der Waals surface area (Å²) in [6.07, 6.45) is 3.28. The maximum atomic E-state index is 13.9. The molecule has 0 saturated carbocycles. The quantitative estimate of drug-likeness (QED) is 0.660. The lowest BCUT2D eigenvalue weighted by Crippen LogP contribution is -2.36. The molecule has 0 aliphatic carbocycles. The average Bonchev–Trinajstić information content (AvgIpc) is 3.22. The van der Waals surface area contributed by atoms with Crippen molar-refractivity contribution in [3.05, 3.63) is 66.1 Å². The van der Waals surface area contributed by atoms with Gasteiger partial charge in [-0.2, -0.15) is 0 Å². The molecule has 0 N–H and O–H groups in total. The van der Waals surface area contributed by atoms with Gasteiger partial charge < -0.3 is 14.7 Å². The van der Waals surface area contributed by atoms with Crippen molar-refractivity contribution in [3.8, 4) is 0 Å². The number of rotatable bonds is 7. The van der Waals surface area contributed by atoms with Crippen molar-refractivity contribution in [1.82, 2.24) is 9.80 Å². The molecule has 0 bridgehead atoms. The molecular formula is C22H26FN3S. The van der Waals surface area contributed by atoms with Gasteiger partial charge in [-0.25, -0.2) is 4.39 Å². The first-order chi connectivity index (χ1) is 13.2. The lowest BCUT2D eigenvalue weighted by Gasteiger charge is -2.30. The minimum Gasteiger partial charge on any atom is -0.340 e. The van der Waals surface area contributed by atoms with Gasteiger partial charge in [0.15, 0.2) is 5.50 Å². The van der Waals surface area contributed by atoms with E-state index in [1.165, 1.54) is 16.6 Å². The number of hydrogen-bond acceptors (Lipinski definition) is 4. The molecule has 1 unspecified atom stereocenters. The Morgan fingerprint density at radius 3 is 2.67 bits per heavy atom. The minimum atomic E-state index is -0.184. The molecule has 2 aliphatic heterocycles. The van der Waals surface area contributed by atoms with E-state index in [4.69, 9.17) is 0 Å². The van der Waals surface area contributed by atoms with Gasteiger partial charge in [-0.05, 0) is 50.3 Å². The van der Waals surface area contributed by atoms with E-state index in [0.29, 0.717) is 0 Å². The molecule has 1 atom stereocenters. The molecule has 0 spiro atoms. The molecule has 0 fully saturated rings. The van der Waals surface area contributed by atoms with E-state index in [9.17, 15) is 4.39 Å². The number of para-hydroxylation sites is 1. The fraction of sp³-hybridized carbons (Fsp3) is 0.364. The van der Waals surface area contributed by atoms with Crippen molar-refractivity contribution in [2.45, 2.75) is 30.7 Å². The van der Waals surface area contributed by atoms with Gasteiger partial charge in [0.25, 0.3) is 0 Å². The van der Waals surface area contributed by atoms with Crippen LogP contribution in [0.1, 0.15) is 25.8 Å². The topological polar surface area (TPSA) is 9.72 Å². The smallest absolute Gasteiger partial charge is 0.159 e. The summed E-state index contributed by atoms with van der Waals surface area (Å²) >= 11 is 1.88. The van der Waals surface area contributed by atoms with Crippen LogP contribution in [0, 0.1) is 5.82 Å². The first kappa shape index (κ1) is 18.4. The Bertz CT molecular complexity index is 834. The molecule has 2 aliphatic rings. The zero-order valence-corrected chi connectivity index (χ0v) is 16.8. The third kappa shape index (κ3) is 3.58. The summed E-state index contributed by atoms with van der Waals surface area (Å²) in [6, 6.07) is 15.5. The normalized spacial score (nSPS) is 18.1. The highest BCUT2D eigenvalue weighted by Crippen LogP contribution is 2.50. The van der Waals surface area contributed by atoms with Crippen molar-refractivity contribution in [2.75, 3.05) is 31.1 Å². The van der Waals surface area contributed by atoms with Crippen LogP contribution in [0.25, 0.3) is 5.70 Å². The minimum absolute atomic E-state index is 0.184. The third-order valence-electron chi connectivity index (χ3n) is 5.34. The average molecular weight is 384 g/mol. The molecule has 5 heteroatoms. The van der Waals surface area contributed by atoms with Crippen LogP contribution >= 0.6 is 11.8 Å². The van der Waals surface area contributed by atoms with Gasteiger partial charge in [-0.1, -0.05) is 49.9 Å². The van der Waals surface area contributed by atoms with Crippen molar-refractivity contribution in [1.29, 1.82) is 0 Å². The second-order valence-electron chi connectivity index (χ2n) is 6.92. The number of fused-ring (bicyclic) bond motifs is 3. The molecule has 3 nitrogen and oxygen atoms in total. The van der Waals surface area contributed by atoms with Crippen LogP contribution in [0.3, 0.4) is 0 Å². The summed E-state index contributed by atoms with van der Waals surface area (Å²) in [5.74, 6) is -0.184. The van der Waals surface area contributed by atoms with E-state index in [-0.39, 0.29) is 11.3 Å². The van der Waals surface area contributed by atoms with E-state index in [1.54, 1.807) is 12.1 Å². The van der Waals surface area contributed by atoms with E-state index in [1.807, 2.05) is 17.8 Å². The zero-order valence-electron chi connectivity index (χ0n) is 15.9. The highest BCUT2D eigenvalue weighted by molar-refractivity contribution is 8.00. The SMILES string of the molecule is CCN(CC)CCCN1C(c2cccc(F)c2)=CN2c3ccccc3SC12. The molecule has 142 valence electrons. The Labute approximate surface area is 165 Å². The summed E-state index contributed by atoms with van der Waals surface area (Å²) in [5, 5.41) is 0. The Kier molecular flexibility index (Phi) is 5.41. The van der Waals surface area contributed by atoms with Crippen LogP contribution in [-0.2, 0) is 0 Å². The first-order valence-electron chi connectivity index (χ1n) is 9.72. The van der Waals surface area contributed by atoms with Gasteiger partial charge in [0.1, 0.15) is 5.82 Å². The lowest BCUT2D eigenvalue weighted by atomic mass is 10.1. The Morgan fingerprint density at radius 2 is 1.89 bits per heavy atom. The second-order valence-corrected chi connectivity index (χ2v) is 8.01. The third-order valence-corrected chi connectivity index (χ3v) is 6.63. The molecule has 0 aromatic heterocycles. The standard InChI is InChI=1S/C22H26FN3S/c1-3-24(4-2)13-8-14-25-20(17-9-7-10-18(23)15-17)16-26-19-11-5-6-12-21(19)27-22(25)26/h5-7,9-12,15-16,22H,3-4,8,13-14H2,1-2H3. The van der Waals surface area contributed by atoms with E-state index in [2.05, 4.69) is 59.0 Å². The van der Waals surface area contributed by atoms with E-state index < -0.39 is 0 Å². The van der Waals surface area contributed by atoms with Gasteiger partial charge in [-0.15, -0.1) is 0 Å². The lowest BCUT2D eigenvalue weighted by molar-refractivity contribution is 0.278. The van der Waals surface area contributed by atoms with Gasteiger partial charge in [0, 0.05) is 23.2 Å². The fourth-order valence-electron chi connectivity index (χ4n) is 3.85. The predicted molar refractivity (Wildman–Crippen MR) is 112 cm³/mol. The molecular weight excluding hydrogens is 357 g/mol. The summed E-state index contributed by atoms with van der Waals surface area (Å²) in [5.41, 5.74) is 3.52. The summed E-state index contributed by atoms with van der Waals surface area (Å²) in [7, 11) is 0. The number of benzene rings is 2. The monoisotopic (exact) mass is 383 g/mol. The molecule has 4 rings (SSSR count). The molecule has 27 heavy (non-hydrogen) atoms. The molecule has 2 aromatic rings. The Balaban J connectivity index is 1.60. The first-order valence-corrected chi connectivity index (χ1v) is 10.6. The van der Waals surface area contributed by atoms with Crippen LogP contribution < -0.4 is 4.90 Å². The molecule has 2 aromatic carbocycles. The van der Waals surface area contributed by atoms with Crippen LogP contribution in [0.15, 0.2) is 59.6 Å². The Morgan fingerprint density at radius 1 is 1.07 bits per heavy atom. The second kappa shape index (κ2) is 7.95. The highest BCUT2D eigenvalue weighted by Gasteiger charge is 2.39. The summed E-state index contributed by atoms with van der Waals surface area (Å²) in [6.45, 7) is 8.63. The molecule has 2 heterocycles. The van der Waals surface area contributed by atoms with Crippen molar-refractivity contribution < 1.29 is 4.39 Å². The fourth-order valence-corrected chi connectivity index (χ4v) is 5.17. The largest absolute Gasteiger partial charge is 0.340 e. The van der Waals surface area contributed by atoms with Crippen molar-refractivity contribution in [3.63, 3.8) is 0 Å². The van der Waals surface area contributed by atoms with Crippen molar-refractivity contribution in [2.24, 2.45) is 0 Å². The van der Waals surface area contributed by atoms with Crippen LogP contribution in [0.4, 0.5) is 10.1 Å². The summed E-state index contributed by atoms with van der Waals surface area (Å²) < 4.78 is 13.9. The number of halogens is 1. The highest BCUT2D eigenvalue weighted by atomic mass is 32.2.